The second kappa shape index (κ2) is 7.31. The van der Waals surface area contributed by atoms with Crippen LogP contribution in [0.3, 0.4) is 0 Å². The standard InChI is InChI=1S/C13H18ClN3OS/c1-3-7-16-11(18)8-17(2)10-6-4-5-9(14)12(10)13(15)19/h4-6H,3,7-8H2,1-2H3,(H2,15,19)(H,16,18). The fourth-order valence-corrected chi connectivity index (χ4v) is 2.24. The molecule has 0 spiro atoms. The van der Waals surface area contributed by atoms with E-state index in [0.29, 0.717) is 17.1 Å². The lowest BCUT2D eigenvalue weighted by Gasteiger charge is -2.22. The van der Waals surface area contributed by atoms with E-state index in [1.165, 1.54) is 0 Å². The Balaban J connectivity index is 2.88. The fraction of sp³-hybridized carbons (Fsp3) is 0.385. The molecule has 0 atom stereocenters. The molecule has 0 radical (unpaired) electrons. The maximum atomic E-state index is 11.7. The maximum Gasteiger partial charge on any atom is 0.239 e. The number of amides is 1. The van der Waals surface area contributed by atoms with E-state index >= 15 is 0 Å². The van der Waals surface area contributed by atoms with Gasteiger partial charge in [0.1, 0.15) is 4.99 Å². The largest absolute Gasteiger partial charge is 0.389 e. The maximum absolute atomic E-state index is 11.7. The fourth-order valence-electron chi connectivity index (χ4n) is 1.70. The summed E-state index contributed by atoms with van der Waals surface area (Å²) in [5, 5.41) is 3.31. The first-order valence-corrected chi connectivity index (χ1v) is 6.82. The molecule has 104 valence electrons. The lowest BCUT2D eigenvalue weighted by Crippen LogP contribution is -2.36. The van der Waals surface area contributed by atoms with Gasteiger partial charge in [-0.3, -0.25) is 4.79 Å². The van der Waals surface area contributed by atoms with Crippen molar-refractivity contribution in [3.8, 4) is 0 Å². The van der Waals surface area contributed by atoms with E-state index in [9.17, 15) is 4.79 Å². The number of likely N-dealkylation sites (N-methyl/N-ethyl adjacent to an activating group) is 1. The molecule has 0 saturated carbocycles. The Morgan fingerprint density at radius 1 is 1.53 bits per heavy atom. The normalized spacial score (nSPS) is 10.1. The van der Waals surface area contributed by atoms with Gasteiger partial charge in [0.05, 0.1) is 17.1 Å². The highest BCUT2D eigenvalue weighted by atomic mass is 35.5. The van der Waals surface area contributed by atoms with Gasteiger partial charge in [0, 0.05) is 19.3 Å². The number of carbonyl (C=O) groups is 1. The molecule has 1 aromatic rings. The van der Waals surface area contributed by atoms with Crippen LogP contribution in [0.2, 0.25) is 5.02 Å². The van der Waals surface area contributed by atoms with Crippen molar-refractivity contribution in [2.45, 2.75) is 13.3 Å². The van der Waals surface area contributed by atoms with Crippen molar-refractivity contribution in [3.05, 3.63) is 28.8 Å². The summed E-state index contributed by atoms with van der Waals surface area (Å²) >= 11 is 11.1. The van der Waals surface area contributed by atoms with Gasteiger partial charge >= 0.3 is 0 Å². The number of carbonyl (C=O) groups excluding carboxylic acids is 1. The number of nitrogens with one attached hydrogen (secondary N) is 1. The van der Waals surface area contributed by atoms with Gasteiger partial charge in [0.15, 0.2) is 0 Å². The second-order valence-corrected chi connectivity index (χ2v) is 5.05. The Bertz CT molecular complexity index is 479. The van der Waals surface area contributed by atoms with Crippen molar-refractivity contribution in [3.63, 3.8) is 0 Å². The third kappa shape index (κ3) is 4.36. The summed E-state index contributed by atoms with van der Waals surface area (Å²) < 4.78 is 0. The van der Waals surface area contributed by atoms with Gasteiger partial charge in [0.25, 0.3) is 0 Å². The molecule has 4 nitrogen and oxygen atoms in total. The smallest absolute Gasteiger partial charge is 0.239 e. The SMILES string of the molecule is CCCNC(=O)CN(C)c1cccc(Cl)c1C(N)=S. The summed E-state index contributed by atoms with van der Waals surface area (Å²) in [4.78, 5) is 13.7. The Kier molecular flexibility index (Phi) is 6.05. The van der Waals surface area contributed by atoms with Gasteiger partial charge in [-0.1, -0.05) is 36.8 Å². The van der Waals surface area contributed by atoms with Crippen LogP contribution in [0.15, 0.2) is 18.2 Å². The molecule has 19 heavy (non-hydrogen) atoms. The Morgan fingerprint density at radius 2 is 2.21 bits per heavy atom. The van der Waals surface area contributed by atoms with Crippen LogP contribution < -0.4 is 16.0 Å². The number of hydrogen-bond acceptors (Lipinski definition) is 3. The molecule has 1 amide bonds. The average molecular weight is 300 g/mol. The highest BCUT2D eigenvalue weighted by molar-refractivity contribution is 7.80. The number of thiocarbonyl (C=S) groups is 1. The van der Waals surface area contributed by atoms with Crippen molar-refractivity contribution in [2.75, 3.05) is 25.0 Å². The number of nitrogens with two attached hydrogens (primary N) is 1. The molecule has 1 aromatic carbocycles. The predicted octanol–water partition coefficient (Wildman–Crippen LogP) is 1.94. The van der Waals surface area contributed by atoms with Crippen molar-refractivity contribution < 1.29 is 4.79 Å². The number of anilines is 1. The van der Waals surface area contributed by atoms with Gasteiger partial charge in [-0.2, -0.15) is 0 Å². The lowest BCUT2D eigenvalue weighted by molar-refractivity contribution is -0.119. The van der Waals surface area contributed by atoms with E-state index in [2.05, 4.69) is 5.32 Å². The van der Waals surface area contributed by atoms with Gasteiger partial charge in [-0.25, -0.2) is 0 Å². The zero-order valence-electron chi connectivity index (χ0n) is 11.1. The minimum Gasteiger partial charge on any atom is -0.389 e. The first-order chi connectivity index (χ1) is 8.97. The van der Waals surface area contributed by atoms with Gasteiger partial charge in [0.2, 0.25) is 5.91 Å². The quantitative estimate of drug-likeness (QED) is 0.788. The zero-order valence-corrected chi connectivity index (χ0v) is 12.6. The van der Waals surface area contributed by atoms with Gasteiger partial charge in [-0.05, 0) is 18.6 Å². The summed E-state index contributed by atoms with van der Waals surface area (Å²) in [6.07, 6.45) is 0.907. The van der Waals surface area contributed by atoms with E-state index in [-0.39, 0.29) is 17.4 Å². The van der Waals surface area contributed by atoms with Crippen LogP contribution in [-0.2, 0) is 4.79 Å². The number of halogens is 1. The van der Waals surface area contributed by atoms with Crippen molar-refractivity contribution in [2.24, 2.45) is 5.73 Å². The van der Waals surface area contributed by atoms with Crippen molar-refractivity contribution in [1.82, 2.24) is 5.32 Å². The molecule has 0 aliphatic rings. The molecule has 0 bridgehead atoms. The third-order valence-electron chi connectivity index (χ3n) is 2.60. The summed E-state index contributed by atoms with van der Waals surface area (Å²) in [7, 11) is 1.80. The number of benzene rings is 1. The molecular formula is C13H18ClN3OS. The second-order valence-electron chi connectivity index (χ2n) is 4.20. The Hall–Kier alpha value is -1.33. The topological polar surface area (TPSA) is 58.4 Å². The van der Waals surface area contributed by atoms with Crippen LogP contribution >= 0.6 is 23.8 Å². The summed E-state index contributed by atoms with van der Waals surface area (Å²) in [5.41, 5.74) is 7.04. The van der Waals surface area contributed by atoms with Crippen LogP contribution in [0.1, 0.15) is 18.9 Å². The molecule has 0 aliphatic heterocycles. The van der Waals surface area contributed by atoms with Crippen LogP contribution in [0, 0.1) is 0 Å². The minimum atomic E-state index is -0.0433. The number of nitrogens with zero attached hydrogens (tertiary/aromatic N) is 1. The highest BCUT2D eigenvalue weighted by Crippen LogP contribution is 2.26. The molecule has 0 aliphatic carbocycles. The van der Waals surface area contributed by atoms with E-state index < -0.39 is 0 Å². The van der Waals surface area contributed by atoms with Crippen LogP contribution in [0.4, 0.5) is 5.69 Å². The van der Waals surface area contributed by atoms with Gasteiger partial charge in [-0.15, -0.1) is 0 Å². The first kappa shape index (κ1) is 15.7. The lowest BCUT2D eigenvalue weighted by atomic mass is 10.1. The van der Waals surface area contributed by atoms with Crippen molar-refractivity contribution >= 4 is 40.4 Å². The van der Waals surface area contributed by atoms with E-state index in [1.807, 2.05) is 13.0 Å². The molecule has 0 unspecified atom stereocenters. The van der Waals surface area contributed by atoms with Crippen molar-refractivity contribution in [1.29, 1.82) is 0 Å². The summed E-state index contributed by atoms with van der Waals surface area (Å²) in [6, 6.07) is 5.37. The molecule has 1 rings (SSSR count). The average Bonchev–Trinajstić information content (AvgIpc) is 2.35. The molecule has 0 saturated heterocycles. The first-order valence-electron chi connectivity index (χ1n) is 6.03. The molecular weight excluding hydrogens is 282 g/mol. The third-order valence-corrected chi connectivity index (χ3v) is 3.12. The van der Waals surface area contributed by atoms with Gasteiger partial charge < -0.3 is 16.0 Å². The summed E-state index contributed by atoms with van der Waals surface area (Å²) in [6.45, 7) is 2.91. The van der Waals surface area contributed by atoms with E-state index in [0.717, 1.165) is 12.1 Å². The minimum absolute atomic E-state index is 0.0433. The highest BCUT2D eigenvalue weighted by Gasteiger charge is 2.15. The zero-order chi connectivity index (χ0) is 14.4. The van der Waals surface area contributed by atoms with E-state index in [4.69, 9.17) is 29.6 Å². The van der Waals surface area contributed by atoms with Crippen LogP contribution in [0.25, 0.3) is 0 Å². The predicted molar refractivity (Wildman–Crippen MR) is 83.9 cm³/mol. The van der Waals surface area contributed by atoms with Crippen LogP contribution in [-0.4, -0.2) is 31.0 Å². The molecule has 3 N–H and O–H groups in total. The number of hydrogen-bond donors (Lipinski definition) is 2. The van der Waals surface area contributed by atoms with E-state index in [1.54, 1.807) is 24.1 Å². The summed E-state index contributed by atoms with van der Waals surface area (Å²) in [5.74, 6) is -0.0433. The Morgan fingerprint density at radius 3 is 2.79 bits per heavy atom. The number of rotatable bonds is 6. The monoisotopic (exact) mass is 299 g/mol. The molecule has 0 heterocycles. The molecule has 6 heteroatoms. The Labute approximate surface area is 123 Å². The molecule has 0 fully saturated rings. The van der Waals surface area contributed by atoms with Crippen LogP contribution in [0.5, 0.6) is 0 Å². The molecule has 0 aromatic heterocycles.